The van der Waals surface area contributed by atoms with Crippen LogP contribution in [-0.4, -0.2) is 17.6 Å². The lowest BCUT2D eigenvalue weighted by atomic mass is 10.1. The van der Waals surface area contributed by atoms with Crippen LogP contribution in [0.3, 0.4) is 0 Å². The number of benzene rings is 2. The Hall–Kier alpha value is -2.87. The Bertz CT molecular complexity index is 1200. The summed E-state index contributed by atoms with van der Waals surface area (Å²) in [6.07, 6.45) is 0. The molecule has 1 heterocycles. The zero-order chi connectivity index (χ0) is 18.4. The van der Waals surface area contributed by atoms with Crippen LogP contribution >= 0.6 is 0 Å². The van der Waals surface area contributed by atoms with Gasteiger partial charge >= 0.3 is 15.8 Å². The molecule has 0 spiro atoms. The Morgan fingerprint density at radius 3 is 2.28 bits per heavy atom. The zero-order valence-corrected chi connectivity index (χ0v) is 14.7. The van der Waals surface area contributed by atoms with E-state index in [2.05, 4.69) is 0 Å². The minimum absolute atomic E-state index is 0.0216. The normalized spacial score (nSPS) is 11.6. The fraction of sp³-hybridized carbons (Fsp3) is 0.176. The van der Waals surface area contributed by atoms with E-state index in [9.17, 15) is 18.0 Å². The van der Waals surface area contributed by atoms with Gasteiger partial charge in [0.15, 0.2) is 10.6 Å². The maximum Gasteiger partial charge on any atom is 0.346 e. The molecule has 3 rings (SSSR count). The molecule has 0 aliphatic heterocycles. The van der Waals surface area contributed by atoms with Crippen LogP contribution in [0, 0.1) is 6.92 Å². The fourth-order valence-corrected chi connectivity index (χ4v) is 3.95. The fourth-order valence-electron chi connectivity index (χ4n) is 2.63. The van der Waals surface area contributed by atoms with E-state index >= 15 is 0 Å². The molecule has 8 heteroatoms. The van der Waals surface area contributed by atoms with Crippen molar-refractivity contribution in [3.63, 3.8) is 0 Å². The third-order valence-corrected chi connectivity index (χ3v) is 5.47. The van der Waals surface area contributed by atoms with Gasteiger partial charge in [-0.2, -0.15) is 8.42 Å². The van der Waals surface area contributed by atoms with Crippen LogP contribution in [0.2, 0.25) is 0 Å². The largest absolute Gasteiger partial charge is 0.378 e. The molecular weight excluding hydrogens is 344 g/mol. The van der Waals surface area contributed by atoms with Gasteiger partial charge in [-0.3, -0.25) is 13.9 Å². The van der Waals surface area contributed by atoms with Gasteiger partial charge in [-0.1, -0.05) is 36.4 Å². The monoisotopic (exact) mass is 360 g/mol. The number of hydrogen-bond donors (Lipinski definition) is 0. The Morgan fingerprint density at radius 1 is 0.920 bits per heavy atom. The van der Waals surface area contributed by atoms with Crippen molar-refractivity contribution in [1.82, 2.24) is 9.13 Å². The highest BCUT2D eigenvalue weighted by atomic mass is 32.2. The van der Waals surface area contributed by atoms with Gasteiger partial charge in [-0.25, -0.2) is 4.79 Å². The molecule has 0 radical (unpaired) electrons. The van der Waals surface area contributed by atoms with Crippen molar-refractivity contribution >= 4 is 20.9 Å². The van der Waals surface area contributed by atoms with Crippen molar-refractivity contribution in [2.75, 3.05) is 0 Å². The molecule has 1 aromatic heterocycles. The third-order valence-electron chi connectivity index (χ3n) is 4.10. The standard InChI is InChI=1S/C17H16N2O5S/c1-11-15(16(20)19(3)17(21)18(11)2)25(22,23)24-14-10-6-8-12-7-4-5-9-13(12)14/h4-10H,1-3H3. The summed E-state index contributed by atoms with van der Waals surface area (Å²) in [5.74, 6) is 0.119. The molecule has 0 saturated heterocycles. The second-order valence-corrected chi connectivity index (χ2v) is 7.12. The molecular formula is C17H16N2O5S. The van der Waals surface area contributed by atoms with Crippen LogP contribution < -0.4 is 15.4 Å². The van der Waals surface area contributed by atoms with E-state index in [4.69, 9.17) is 4.18 Å². The van der Waals surface area contributed by atoms with Gasteiger partial charge in [0, 0.05) is 25.2 Å². The highest BCUT2D eigenvalue weighted by Gasteiger charge is 2.27. The van der Waals surface area contributed by atoms with Gasteiger partial charge in [0.05, 0.1) is 0 Å². The number of aromatic nitrogens is 2. The summed E-state index contributed by atoms with van der Waals surface area (Å²) in [6, 6.07) is 12.1. The van der Waals surface area contributed by atoms with E-state index < -0.39 is 26.3 Å². The van der Waals surface area contributed by atoms with Gasteiger partial charge < -0.3 is 4.18 Å². The minimum Gasteiger partial charge on any atom is -0.378 e. The summed E-state index contributed by atoms with van der Waals surface area (Å²) < 4.78 is 32.6. The second-order valence-electron chi connectivity index (χ2n) is 5.64. The average Bonchev–Trinajstić information content (AvgIpc) is 2.58. The minimum atomic E-state index is -4.42. The average molecular weight is 360 g/mol. The van der Waals surface area contributed by atoms with Crippen LogP contribution in [0.15, 0.2) is 56.9 Å². The third kappa shape index (κ3) is 2.74. The van der Waals surface area contributed by atoms with Gasteiger partial charge in [0.2, 0.25) is 0 Å². The molecule has 0 fully saturated rings. The van der Waals surface area contributed by atoms with E-state index in [-0.39, 0.29) is 11.4 Å². The van der Waals surface area contributed by atoms with Crippen LogP contribution in [-0.2, 0) is 24.2 Å². The maximum atomic E-state index is 12.8. The van der Waals surface area contributed by atoms with E-state index in [1.165, 1.54) is 27.1 Å². The Kier molecular flexibility index (Phi) is 4.00. The Balaban J connectivity index is 2.22. The first-order valence-corrected chi connectivity index (χ1v) is 8.83. The van der Waals surface area contributed by atoms with Crippen LogP contribution in [0.4, 0.5) is 0 Å². The van der Waals surface area contributed by atoms with E-state index in [0.717, 1.165) is 14.5 Å². The molecule has 7 nitrogen and oxygen atoms in total. The SMILES string of the molecule is Cc1c(S(=O)(=O)Oc2cccc3ccccc23)c(=O)n(C)c(=O)n1C. The summed E-state index contributed by atoms with van der Waals surface area (Å²) in [4.78, 5) is 23.7. The molecule has 0 amide bonds. The van der Waals surface area contributed by atoms with Gasteiger partial charge in [0.25, 0.3) is 5.56 Å². The second kappa shape index (κ2) is 5.89. The quantitative estimate of drug-likeness (QED) is 0.657. The molecule has 0 aliphatic carbocycles. The van der Waals surface area contributed by atoms with Gasteiger partial charge in [-0.15, -0.1) is 0 Å². The predicted octanol–water partition coefficient (Wildman–Crippen LogP) is 1.31. The topological polar surface area (TPSA) is 87.4 Å². The predicted molar refractivity (Wildman–Crippen MR) is 93.4 cm³/mol. The Labute approximate surface area is 143 Å². The molecule has 3 aromatic rings. The van der Waals surface area contributed by atoms with Crippen molar-refractivity contribution < 1.29 is 12.6 Å². The van der Waals surface area contributed by atoms with E-state index in [1.54, 1.807) is 18.2 Å². The van der Waals surface area contributed by atoms with Gasteiger partial charge in [0.1, 0.15) is 0 Å². The molecule has 0 aliphatic rings. The molecule has 130 valence electrons. The van der Waals surface area contributed by atoms with Crippen molar-refractivity contribution in [3.05, 3.63) is 69.0 Å². The highest BCUT2D eigenvalue weighted by molar-refractivity contribution is 7.87. The van der Waals surface area contributed by atoms with Gasteiger partial charge in [-0.05, 0) is 18.4 Å². The van der Waals surface area contributed by atoms with Crippen LogP contribution in [0.1, 0.15) is 5.69 Å². The molecule has 0 atom stereocenters. The number of hydrogen-bond acceptors (Lipinski definition) is 5. The highest BCUT2D eigenvalue weighted by Crippen LogP contribution is 2.27. The van der Waals surface area contributed by atoms with E-state index in [1.807, 2.05) is 18.2 Å². The first-order valence-electron chi connectivity index (χ1n) is 7.43. The van der Waals surface area contributed by atoms with Crippen molar-refractivity contribution in [1.29, 1.82) is 0 Å². The smallest absolute Gasteiger partial charge is 0.346 e. The number of fused-ring (bicyclic) bond motifs is 1. The summed E-state index contributed by atoms with van der Waals surface area (Å²) in [7, 11) is -1.80. The van der Waals surface area contributed by atoms with Crippen molar-refractivity contribution in [3.8, 4) is 5.75 Å². The van der Waals surface area contributed by atoms with E-state index in [0.29, 0.717) is 5.39 Å². The molecule has 0 saturated carbocycles. The molecule has 0 bridgehead atoms. The zero-order valence-electron chi connectivity index (χ0n) is 13.9. The molecule has 2 aromatic carbocycles. The first-order chi connectivity index (χ1) is 11.7. The first kappa shape index (κ1) is 17.0. The van der Waals surface area contributed by atoms with Crippen LogP contribution in [0.25, 0.3) is 10.8 Å². The number of nitrogens with zero attached hydrogens (tertiary/aromatic N) is 2. The lowest BCUT2D eigenvalue weighted by molar-refractivity contribution is 0.481. The summed E-state index contributed by atoms with van der Waals surface area (Å²) >= 11 is 0. The molecule has 25 heavy (non-hydrogen) atoms. The number of rotatable bonds is 3. The summed E-state index contributed by atoms with van der Waals surface area (Å²) in [5.41, 5.74) is -1.50. The summed E-state index contributed by atoms with van der Waals surface area (Å²) in [5, 5.41) is 1.41. The lowest BCUT2D eigenvalue weighted by Gasteiger charge is -2.13. The summed E-state index contributed by atoms with van der Waals surface area (Å²) in [6.45, 7) is 1.39. The van der Waals surface area contributed by atoms with Crippen molar-refractivity contribution in [2.45, 2.75) is 11.8 Å². The molecule has 0 unspecified atom stereocenters. The van der Waals surface area contributed by atoms with Crippen LogP contribution in [0.5, 0.6) is 5.75 Å². The maximum absolute atomic E-state index is 12.8. The Morgan fingerprint density at radius 2 is 1.56 bits per heavy atom. The molecule has 0 N–H and O–H groups in total. The lowest BCUT2D eigenvalue weighted by Crippen LogP contribution is -2.41. The van der Waals surface area contributed by atoms with Crippen molar-refractivity contribution in [2.24, 2.45) is 14.1 Å².